The Balaban J connectivity index is 2.19. The van der Waals surface area contributed by atoms with Gasteiger partial charge in [-0.1, -0.05) is 11.6 Å². The molecule has 0 saturated heterocycles. The second-order valence-corrected chi connectivity index (χ2v) is 7.02. The molecule has 2 aromatic rings. The molecule has 9 heteroatoms. The Hall–Kier alpha value is -2.58. The number of ether oxygens (including phenoxy) is 3. The monoisotopic (exact) mass is 469 g/mol. The molecule has 2 rings (SSSR count). The van der Waals surface area contributed by atoms with Crippen molar-refractivity contribution in [2.24, 2.45) is 0 Å². The van der Waals surface area contributed by atoms with Crippen LogP contribution in [0.2, 0.25) is 5.02 Å². The number of carbonyl (C=O) groups is 1. The molecule has 7 nitrogen and oxygen atoms in total. The lowest BCUT2D eigenvalue weighted by atomic mass is 10.2. The van der Waals surface area contributed by atoms with Crippen LogP contribution < -0.4 is 14.2 Å². The first-order chi connectivity index (χ1) is 13.2. The van der Waals surface area contributed by atoms with Gasteiger partial charge in [0.05, 0.1) is 16.5 Å². The van der Waals surface area contributed by atoms with Crippen LogP contribution in [0.1, 0.15) is 18.1 Å². The summed E-state index contributed by atoms with van der Waals surface area (Å²) in [6.45, 7) is 3.38. The van der Waals surface area contributed by atoms with Gasteiger partial charge in [0.25, 0.3) is 0 Å². The highest BCUT2D eigenvalue weighted by atomic mass is 79.9. The Kier molecular flexibility index (Phi) is 7.42. The molecule has 2 aromatic carbocycles. The summed E-state index contributed by atoms with van der Waals surface area (Å²) in [5.41, 5.74) is 1.29. The third-order valence-corrected chi connectivity index (χ3v) is 4.44. The summed E-state index contributed by atoms with van der Waals surface area (Å²) >= 11 is 9.21. The van der Waals surface area contributed by atoms with Gasteiger partial charge in [-0.3, -0.25) is 10.1 Å². The van der Waals surface area contributed by atoms with Gasteiger partial charge in [-0.2, -0.15) is 0 Å². The quantitative estimate of drug-likeness (QED) is 0.244. The number of carbonyl (C=O) groups excluding carboxylic acids is 1. The van der Waals surface area contributed by atoms with Gasteiger partial charge < -0.3 is 14.2 Å². The van der Waals surface area contributed by atoms with Crippen molar-refractivity contribution in [2.45, 2.75) is 20.0 Å². The van der Waals surface area contributed by atoms with Crippen molar-refractivity contribution in [3.05, 3.63) is 67.3 Å². The zero-order valence-electron chi connectivity index (χ0n) is 15.3. The van der Waals surface area contributed by atoms with Crippen molar-refractivity contribution in [1.82, 2.24) is 0 Å². The summed E-state index contributed by atoms with van der Waals surface area (Å²) < 4.78 is 16.7. The lowest BCUT2D eigenvalue weighted by molar-refractivity contribution is -0.400. The molecule has 0 aliphatic rings. The summed E-state index contributed by atoms with van der Waals surface area (Å²) in [7, 11) is 1.40. The number of hydrogen-bond donors (Lipinski definition) is 0. The fourth-order valence-electron chi connectivity index (χ4n) is 2.25. The van der Waals surface area contributed by atoms with E-state index in [9.17, 15) is 14.9 Å². The summed E-state index contributed by atoms with van der Waals surface area (Å²) in [6, 6.07) is 8.15. The molecule has 0 spiro atoms. The highest BCUT2D eigenvalue weighted by molar-refractivity contribution is 9.10. The first kappa shape index (κ1) is 21.7. The van der Waals surface area contributed by atoms with Crippen LogP contribution >= 0.6 is 27.5 Å². The number of rotatable bonds is 7. The van der Waals surface area contributed by atoms with Crippen molar-refractivity contribution in [2.75, 3.05) is 7.11 Å². The van der Waals surface area contributed by atoms with Crippen molar-refractivity contribution in [1.29, 1.82) is 0 Å². The second kappa shape index (κ2) is 9.57. The highest BCUT2D eigenvalue weighted by Crippen LogP contribution is 2.37. The minimum Gasteiger partial charge on any atom is -0.493 e. The Bertz CT molecular complexity index is 931. The fourth-order valence-corrected chi connectivity index (χ4v) is 3.02. The molecule has 148 valence electrons. The van der Waals surface area contributed by atoms with Gasteiger partial charge in [-0.25, -0.2) is 4.79 Å². The smallest absolute Gasteiger partial charge is 0.352 e. The largest absolute Gasteiger partial charge is 0.493 e. The number of hydrogen-bond acceptors (Lipinski definition) is 6. The summed E-state index contributed by atoms with van der Waals surface area (Å²) in [5.74, 6) is 0.261. The zero-order chi connectivity index (χ0) is 20.8. The predicted molar refractivity (Wildman–Crippen MR) is 109 cm³/mol. The van der Waals surface area contributed by atoms with E-state index in [0.717, 1.165) is 11.8 Å². The third-order valence-electron chi connectivity index (χ3n) is 3.62. The van der Waals surface area contributed by atoms with E-state index in [0.29, 0.717) is 20.8 Å². The van der Waals surface area contributed by atoms with Gasteiger partial charge >= 0.3 is 5.97 Å². The number of nitrogens with zero attached hydrogens (tertiary/aromatic N) is 1. The van der Waals surface area contributed by atoms with Crippen molar-refractivity contribution in [3.63, 3.8) is 0 Å². The summed E-state index contributed by atoms with van der Waals surface area (Å²) in [4.78, 5) is 22.4. The number of esters is 1. The van der Waals surface area contributed by atoms with Crippen LogP contribution in [0.25, 0.3) is 6.08 Å². The van der Waals surface area contributed by atoms with Crippen LogP contribution in [-0.2, 0) is 4.79 Å². The summed E-state index contributed by atoms with van der Waals surface area (Å²) in [6.07, 6.45) is 1.20. The van der Waals surface area contributed by atoms with Gasteiger partial charge in [0, 0.05) is 11.1 Å². The van der Waals surface area contributed by atoms with Crippen molar-refractivity contribution >= 4 is 39.6 Å². The Morgan fingerprint density at radius 1 is 1.29 bits per heavy atom. The second-order valence-electron chi connectivity index (χ2n) is 5.73. The standard InChI is InChI=1S/C19H17BrClNO6/c1-11-8-14(21)4-5-16(11)27-12(2)19(23)28-18-15(20)9-13(6-7-22(24)25)10-17(18)26-3/h4-10,12H,1-3H3/b7-6+. The molecule has 0 heterocycles. The van der Waals surface area contributed by atoms with E-state index >= 15 is 0 Å². The lowest BCUT2D eigenvalue weighted by Crippen LogP contribution is -2.29. The Morgan fingerprint density at radius 2 is 2.00 bits per heavy atom. The van der Waals surface area contributed by atoms with Crippen LogP contribution in [0.15, 0.2) is 41.0 Å². The van der Waals surface area contributed by atoms with Gasteiger partial charge in [0.2, 0.25) is 6.20 Å². The van der Waals surface area contributed by atoms with E-state index in [4.69, 9.17) is 25.8 Å². The van der Waals surface area contributed by atoms with E-state index in [1.54, 1.807) is 31.2 Å². The zero-order valence-corrected chi connectivity index (χ0v) is 17.6. The number of nitro groups is 1. The van der Waals surface area contributed by atoms with Crippen LogP contribution in [-0.4, -0.2) is 24.1 Å². The fraction of sp³-hybridized carbons (Fsp3) is 0.211. The van der Waals surface area contributed by atoms with Crippen LogP contribution in [0.4, 0.5) is 0 Å². The molecule has 0 fully saturated rings. The maximum absolute atomic E-state index is 12.5. The molecular weight excluding hydrogens is 454 g/mol. The van der Waals surface area contributed by atoms with E-state index in [2.05, 4.69) is 15.9 Å². The lowest BCUT2D eigenvalue weighted by Gasteiger charge is -2.17. The number of methoxy groups -OCH3 is 1. The van der Waals surface area contributed by atoms with E-state index < -0.39 is 17.0 Å². The average Bonchev–Trinajstić information content (AvgIpc) is 2.63. The van der Waals surface area contributed by atoms with Crippen LogP contribution in [0, 0.1) is 17.0 Å². The van der Waals surface area contributed by atoms with E-state index in [-0.39, 0.29) is 11.5 Å². The molecule has 28 heavy (non-hydrogen) atoms. The normalized spacial score (nSPS) is 11.9. The molecule has 0 saturated carbocycles. The van der Waals surface area contributed by atoms with Crippen molar-refractivity contribution in [3.8, 4) is 17.2 Å². The SMILES string of the molecule is COc1cc(/C=C/[N+](=O)[O-])cc(Br)c1OC(=O)C(C)Oc1ccc(Cl)cc1C. The third kappa shape index (κ3) is 5.71. The summed E-state index contributed by atoms with van der Waals surface area (Å²) in [5, 5.41) is 11.0. The molecule has 0 aliphatic carbocycles. The minimum atomic E-state index is -0.898. The minimum absolute atomic E-state index is 0.147. The Labute approximate surface area is 175 Å². The number of aryl methyl sites for hydroxylation is 1. The molecule has 0 N–H and O–H groups in total. The molecule has 0 aromatic heterocycles. The Morgan fingerprint density at radius 3 is 2.61 bits per heavy atom. The molecule has 0 aliphatic heterocycles. The number of benzene rings is 2. The van der Waals surface area contributed by atoms with Crippen molar-refractivity contribution < 1.29 is 23.9 Å². The molecule has 1 atom stereocenters. The maximum atomic E-state index is 12.5. The predicted octanol–water partition coefficient (Wildman–Crippen LogP) is 5.04. The van der Waals surface area contributed by atoms with Gasteiger partial charge in [0.1, 0.15) is 5.75 Å². The molecule has 0 bridgehead atoms. The maximum Gasteiger partial charge on any atom is 0.352 e. The van der Waals surface area contributed by atoms with Gasteiger partial charge in [-0.15, -0.1) is 0 Å². The van der Waals surface area contributed by atoms with Gasteiger partial charge in [0.15, 0.2) is 17.6 Å². The number of halogens is 2. The van der Waals surface area contributed by atoms with Gasteiger partial charge in [-0.05, 0) is 71.2 Å². The highest BCUT2D eigenvalue weighted by Gasteiger charge is 2.22. The molecular formula is C19H17BrClNO6. The first-order valence-electron chi connectivity index (χ1n) is 8.05. The average molecular weight is 471 g/mol. The van der Waals surface area contributed by atoms with E-state index in [1.807, 2.05) is 6.92 Å². The van der Waals surface area contributed by atoms with Crippen LogP contribution in [0.3, 0.4) is 0 Å². The molecule has 0 radical (unpaired) electrons. The first-order valence-corrected chi connectivity index (χ1v) is 9.22. The molecule has 1 unspecified atom stereocenters. The van der Waals surface area contributed by atoms with Crippen LogP contribution in [0.5, 0.6) is 17.2 Å². The topological polar surface area (TPSA) is 87.9 Å². The molecule has 0 amide bonds. The van der Waals surface area contributed by atoms with E-state index in [1.165, 1.54) is 19.3 Å².